The van der Waals surface area contributed by atoms with Gasteiger partial charge in [0.05, 0.1) is 0 Å². The topological polar surface area (TPSA) is 6.48 Å². The summed E-state index contributed by atoms with van der Waals surface area (Å²) >= 11 is 0. The van der Waals surface area contributed by atoms with E-state index < -0.39 is 0 Å². The summed E-state index contributed by atoms with van der Waals surface area (Å²) in [5, 5.41) is 0. The fraction of sp³-hybridized carbons (Fsp3) is 0.520. The highest BCUT2D eigenvalue weighted by Crippen LogP contribution is 2.25. The fourth-order valence-corrected chi connectivity index (χ4v) is 3.68. The van der Waals surface area contributed by atoms with Gasteiger partial charge in [0.1, 0.15) is 0 Å². The van der Waals surface area contributed by atoms with E-state index in [9.17, 15) is 0 Å². The zero-order chi connectivity index (χ0) is 19.5. The summed E-state index contributed by atoms with van der Waals surface area (Å²) in [7, 11) is 4.30. The van der Waals surface area contributed by atoms with Crippen LogP contribution in [0.15, 0.2) is 48.5 Å². The molecule has 2 heteroatoms. The summed E-state index contributed by atoms with van der Waals surface area (Å²) < 4.78 is 0. The first kappa shape index (κ1) is 21.5. The third kappa shape index (κ3) is 7.03. The molecule has 0 N–H and O–H groups in total. The Kier molecular flexibility index (Phi) is 9.41. The summed E-state index contributed by atoms with van der Waals surface area (Å²) in [6.45, 7) is 7.91. The number of benzene rings is 2. The van der Waals surface area contributed by atoms with Gasteiger partial charge < -0.3 is 4.90 Å². The molecule has 0 spiro atoms. The lowest BCUT2D eigenvalue weighted by Gasteiger charge is -2.10. The normalized spacial score (nSPS) is 14.6. The van der Waals surface area contributed by atoms with Gasteiger partial charge in [-0.3, -0.25) is 4.90 Å². The van der Waals surface area contributed by atoms with Crippen molar-refractivity contribution in [1.29, 1.82) is 0 Å². The number of hydrogen-bond acceptors (Lipinski definition) is 2. The van der Waals surface area contributed by atoms with Gasteiger partial charge in [-0.2, -0.15) is 0 Å². The zero-order valence-electron chi connectivity index (χ0n) is 17.9. The van der Waals surface area contributed by atoms with Crippen LogP contribution in [0.1, 0.15) is 62.6 Å². The Hall–Kier alpha value is -1.80. The van der Waals surface area contributed by atoms with E-state index in [4.69, 9.17) is 0 Å². The summed E-state index contributed by atoms with van der Waals surface area (Å²) in [6.07, 6.45) is 8.22. The Morgan fingerprint density at radius 3 is 1.74 bits per heavy atom. The summed E-state index contributed by atoms with van der Waals surface area (Å²) in [5.74, 6) is 0. The van der Waals surface area contributed by atoms with E-state index in [1.54, 1.807) is 0 Å². The Morgan fingerprint density at radius 2 is 1.22 bits per heavy atom. The Morgan fingerprint density at radius 1 is 0.704 bits per heavy atom. The highest BCUT2D eigenvalue weighted by molar-refractivity contribution is 5.56. The third-order valence-corrected chi connectivity index (χ3v) is 5.33. The molecule has 0 amide bonds. The number of nitrogens with zero attached hydrogens (tertiary/aromatic N) is 2. The monoisotopic (exact) mass is 366 g/mol. The van der Waals surface area contributed by atoms with Gasteiger partial charge >= 0.3 is 0 Å². The first-order chi connectivity index (χ1) is 13.2. The molecule has 4 rings (SSSR count). The Labute approximate surface area is 167 Å². The highest BCUT2D eigenvalue weighted by atomic mass is 15.1. The molecule has 2 nitrogen and oxygen atoms in total. The van der Waals surface area contributed by atoms with E-state index >= 15 is 0 Å². The highest BCUT2D eigenvalue weighted by Gasteiger charge is 2.13. The number of fused-ring (bicyclic) bond motifs is 2. The van der Waals surface area contributed by atoms with Crippen LogP contribution in [0, 0.1) is 0 Å². The van der Waals surface area contributed by atoms with E-state index in [0.29, 0.717) is 0 Å². The van der Waals surface area contributed by atoms with Crippen LogP contribution >= 0.6 is 0 Å². The summed E-state index contributed by atoms with van der Waals surface area (Å²) in [6, 6.07) is 17.2. The van der Waals surface area contributed by atoms with Gasteiger partial charge in [-0.1, -0.05) is 88.4 Å². The molecular weight excluding hydrogens is 328 g/mol. The maximum atomic E-state index is 2.32. The SMILES string of the molecule is CCCCCCC.CN1CCc2ccccc21.CN1Cc2ccccc2C1. The van der Waals surface area contributed by atoms with E-state index in [1.807, 2.05) is 0 Å². The standard InChI is InChI=1S/2C9H11N.C7H16/c1-10-6-8-4-2-3-5-9(8)7-10;1-10-7-6-8-4-2-3-5-9(8)10;1-3-5-7-6-4-2/h2*2-5H,6-7H2,1H3;3-7H2,1-2H3. The van der Waals surface area contributed by atoms with Crippen molar-refractivity contribution in [3.8, 4) is 0 Å². The molecule has 0 saturated heterocycles. The lowest BCUT2D eigenvalue weighted by atomic mass is 10.1. The number of rotatable bonds is 4. The molecule has 27 heavy (non-hydrogen) atoms. The van der Waals surface area contributed by atoms with Crippen LogP contribution in [0.3, 0.4) is 0 Å². The minimum Gasteiger partial charge on any atom is -0.374 e. The van der Waals surface area contributed by atoms with Crippen molar-refractivity contribution in [2.24, 2.45) is 0 Å². The largest absolute Gasteiger partial charge is 0.374 e. The van der Waals surface area contributed by atoms with Crippen molar-refractivity contribution in [3.05, 3.63) is 65.2 Å². The van der Waals surface area contributed by atoms with Crippen molar-refractivity contribution >= 4 is 5.69 Å². The second-order valence-corrected chi connectivity index (χ2v) is 7.80. The Balaban J connectivity index is 0.000000149. The minimum absolute atomic E-state index is 1.12. The average molecular weight is 367 g/mol. The van der Waals surface area contributed by atoms with Crippen LogP contribution in [0.4, 0.5) is 5.69 Å². The third-order valence-electron chi connectivity index (χ3n) is 5.33. The quantitative estimate of drug-likeness (QED) is 0.587. The van der Waals surface area contributed by atoms with Gasteiger partial charge in [-0.05, 0) is 36.2 Å². The maximum Gasteiger partial charge on any atom is 0.0396 e. The first-order valence-corrected chi connectivity index (χ1v) is 10.7. The van der Waals surface area contributed by atoms with Crippen molar-refractivity contribution in [2.45, 2.75) is 65.5 Å². The number of likely N-dealkylation sites (N-methyl/N-ethyl adjacent to an activating group) is 1. The molecule has 2 aliphatic rings. The smallest absolute Gasteiger partial charge is 0.0396 e. The van der Waals surface area contributed by atoms with Crippen LogP contribution in [-0.2, 0) is 19.5 Å². The first-order valence-electron chi connectivity index (χ1n) is 10.7. The molecule has 2 aromatic carbocycles. The number of hydrogen-bond donors (Lipinski definition) is 0. The molecule has 0 aromatic heterocycles. The van der Waals surface area contributed by atoms with Crippen LogP contribution < -0.4 is 4.90 Å². The van der Waals surface area contributed by atoms with Gasteiger partial charge in [-0.25, -0.2) is 0 Å². The van der Waals surface area contributed by atoms with Gasteiger partial charge in [0, 0.05) is 32.4 Å². The maximum absolute atomic E-state index is 2.32. The van der Waals surface area contributed by atoms with Crippen LogP contribution in [0.5, 0.6) is 0 Å². The molecule has 0 saturated carbocycles. The molecule has 0 radical (unpaired) electrons. The lowest BCUT2D eigenvalue weighted by molar-refractivity contribution is 0.353. The van der Waals surface area contributed by atoms with Crippen LogP contribution in [0.2, 0.25) is 0 Å². The number of anilines is 1. The van der Waals surface area contributed by atoms with Gasteiger partial charge in [0.2, 0.25) is 0 Å². The van der Waals surface area contributed by atoms with Gasteiger partial charge in [-0.15, -0.1) is 0 Å². The molecule has 2 aliphatic heterocycles. The molecule has 0 fully saturated rings. The molecule has 0 atom stereocenters. The Bertz CT molecular complexity index is 636. The van der Waals surface area contributed by atoms with Crippen molar-refractivity contribution in [2.75, 3.05) is 25.5 Å². The zero-order valence-corrected chi connectivity index (χ0v) is 17.9. The summed E-state index contributed by atoms with van der Waals surface area (Å²) in [4.78, 5) is 4.62. The minimum atomic E-state index is 1.12. The van der Waals surface area contributed by atoms with E-state index in [-0.39, 0.29) is 0 Å². The molecule has 2 heterocycles. The van der Waals surface area contributed by atoms with E-state index in [0.717, 1.165) is 13.1 Å². The lowest BCUT2D eigenvalue weighted by Crippen LogP contribution is -2.12. The molecule has 0 bridgehead atoms. The number of unbranched alkanes of at least 4 members (excludes halogenated alkanes) is 4. The van der Waals surface area contributed by atoms with Crippen molar-refractivity contribution < 1.29 is 0 Å². The summed E-state index contributed by atoms with van der Waals surface area (Å²) in [5.41, 5.74) is 5.88. The van der Waals surface area contributed by atoms with Crippen LogP contribution in [-0.4, -0.2) is 25.5 Å². The molecule has 0 unspecified atom stereocenters. The molecule has 0 aliphatic carbocycles. The molecule has 2 aromatic rings. The second-order valence-electron chi connectivity index (χ2n) is 7.80. The van der Waals surface area contributed by atoms with E-state index in [1.165, 1.54) is 67.4 Å². The van der Waals surface area contributed by atoms with Gasteiger partial charge in [0.25, 0.3) is 0 Å². The van der Waals surface area contributed by atoms with E-state index in [2.05, 4.69) is 86.3 Å². The fourth-order valence-electron chi connectivity index (χ4n) is 3.68. The molecule has 148 valence electrons. The predicted octanol–water partition coefficient (Wildman–Crippen LogP) is 6.29. The van der Waals surface area contributed by atoms with Crippen molar-refractivity contribution in [3.63, 3.8) is 0 Å². The van der Waals surface area contributed by atoms with Crippen molar-refractivity contribution in [1.82, 2.24) is 4.90 Å². The van der Waals surface area contributed by atoms with Crippen LogP contribution in [0.25, 0.3) is 0 Å². The molecular formula is C25H38N2. The number of para-hydroxylation sites is 1. The van der Waals surface area contributed by atoms with Gasteiger partial charge in [0.15, 0.2) is 0 Å². The predicted molar refractivity (Wildman–Crippen MR) is 119 cm³/mol. The average Bonchev–Trinajstić information content (AvgIpc) is 3.25. The second kappa shape index (κ2) is 11.8.